The minimum atomic E-state index is -0.829. The Morgan fingerprint density at radius 1 is 0.594 bits per heavy atom. The van der Waals surface area contributed by atoms with Crippen LogP contribution in [0.3, 0.4) is 0 Å². The van der Waals surface area contributed by atoms with Crippen molar-refractivity contribution in [3.63, 3.8) is 0 Å². The summed E-state index contributed by atoms with van der Waals surface area (Å²) < 4.78 is 27.0. The van der Waals surface area contributed by atoms with Gasteiger partial charge in [-0.25, -0.2) is 8.78 Å². The van der Waals surface area contributed by atoms with Crippen LogP contribution in [-0.2, 0) is 6.42 Å². The second-order valence-corrected chi connectivity index (χ2v) is 8.16. The Labute approximate surface area is 188 Å². The Morgan fingerprint density at radius 2 is 1.19 bits per heavy atom. The lowest BCUT2D eigenvalue weighted by Crippen LogP contribution is -1.86. The summed E-state index contributed by atoms with van der Waals surface area (Å²) in [7, 11) is 0. The van der Waals surface area contributed by atoms with Crippen LogP contribution in [0, 0.1) is 23.5 Å². The number of hydrogen-bond donors (Lipinski definition) is 0. The van der Waals surface area contributed by atoms with Crippen LogP contribution in [0.1, 0.15) is 49.3 Å². The normalized spacial score (nSPS) is 10.7. The second kappa shape index (κ2) is 10.2. The van der Waals surface area contributed by atoms with Crippen molar-refractivity contribution in [3.8, 4) is 23.0 Å². The molecule has 4 aromatic rings. The first kappa shape index (κ1) is 21.8. The highest BCUT2D eigenvalue weighted by Gasteiger charge is 2.06. The molecule has 2 heteroatoms. The van der Waals surface area contributed by atoms with Crippen molar-refractivity contribution < 1.29 is 8.78 Å². The van der Waals surface area contributed by atoms with Gasteiger partial charge in [-0.2, -0.15) is 0 Å². The van der Waals surface area contributed by atoms with E-state index in [4.69, 9.17) is 0 Å². The van der Waals surface area contributed by atoms with Gasteiger partial charge >= 0.3 is 0 Å². The van der Waals surface area contributed by atoms with Crippen LogP contribution in [-0.4, -0.2) is 0 Å². The van der Waals surface area contributed by atoms with Crippen LogP contribution >= 0.6 is 0 Å². The summed E-state index contributed by atoms with van der Waals surface area (Å²) in [6, 6.07) is 24.6. The van der Waals surface area contributed by atoms with Crippen molar-refractivity contribution in [2.75, 3.05) is 0 Å². The zero-order chi connectivity index (χ0) is 22.3. The Balaban J connectivity index is 1.44. The lowest BCUT2D eigenvalue weighted by molar-refractivity contribution is 0.511. The van der Waals surface area contributed by atoms with Crippen LogP contribution in [0.4, 0.5) is 8.78 Å². The van der Waals surface area contributed by atoms with Gasteiger partial charge in [0.15, 0.2) is 11.6 Å². The molecule has 32 heavy (non-hydrogen) atoms. The fraction of sp³-hybridized carbons (Fsp3) is 0.200. The molecule has 0 saturated heterocycles. The van der Waals surface area contributed by atoms with Crippen LogP contribution in [0.25, 0.3) is 21.9 Å². The smallest absolute Gasteiger partial charge is 0.159 e. The molecule has 0 radical (unpaired) electrons. The van der Waals surface area contributed by atoms with Gasteiger partial charge in [-0.1, -0.05) is 74.4 Å². The molecule has 0 unspecified atom stereocenters. The van der Waals surface area contributed by atoms with E-state index in [1.807, 2.05) is 42.5 Å². The van der Waals surface area contributed by atoms with Gasteiger partial charge in [-0.05, 0) is 82.8 Å². The lowest BCUT2D eigenvalue weighted by Gasteiger charge is -2.05. The third-order valence-electron chi connectivity index (χ3n) is 5.72. The van der Waals surface area contributed by atoms with Gasteiger partial charge < -0.3 is 0 Å². The molecule has 0 aliphatic rings. The SMILES string of the molecule is CCCCCCc1ccc(C#Cc2ccc(-c3ccc4cc(F)c(F)cc4c3)cc2)cc1. The molecule has 0 atom stereocenters. The minimum Gasteiger partial charge on any atom is -0.204 e. The van der Waals surface area contributed by atoms with E-state index < -0.39 is 11.6 Å². The predicted molar refractivity (Wildman–Crippen MR) is 130 cm³/mol. The van der Waals surface area contributed by atoms with E-state index in [2.05, 4.69) is 43.0 Å². The van der Waals surface area contributed by atoms with Crippen molar-refractivity contribution in [1.29, 1.82) is 0 Å². The second-order valence-electron chi connectivity index (χ2n) is 8.16. The fourth-order valence-electron chi connectivity index (χ4n) is 3.82. The molecule has 0 N–H and O–H groups in total. The lowest BCUT2D eigenvalue weighted by atomic mass is 10.00. The van der Waals surface area contributed by atoms with Crippen molar-refractivity contribution >= 4 is 10.8 Å². The molecule has 0 saturated carbocycles. The van der Waals surface area contributed by atoms with Crippen LogP contribution in [0.15, 0.2) is 78.9 Å². The van der Waals surface area contributed by atoms with E-state index in [0.29, 0.717) is 10.8 Å². The van der Waals surface area contributed by atoms with Crippen LogP contribution < -0.4 is 0 Å². The fourth-order valence-corrected chi connectivity index (χ4v) is 3.82. The highest BCUT2D eigenvalue weighted by atomic mass is 19.2. The standard InChI is InChI=1S/C30H26F2/c1-2-3-4-5-6-22-7-9-23(10-8-22)11-12-24-13-15-25(16-14-24)26-17-18-27-20-29(31)30(32)21-28(27)19-26/h7-10,13-21H,2-6H2,1H3. The molecule has 0 aromatic heterocycles. The van der Waals surface area contributed by atoms with Gasteiger partial charge in [-0.3, -0.25) is 0 Å². The molecule has 0 nitrogen and oxygen atoms in total. The Kier molecular flexibility index (Phi) is 6.97. The first-order valence-electron chi connectivity index (χ1n) is 11.2. The number of benzene rings is 4. The Bertz CT molecular complexity index is 1260. The van der Waals surface area contributed by atoms with Gasteiger partial charge in [0.25, 0.3) is 0 Å². The molecule has 0 spiro atoms. The molecule has 0 fully saturated rings. The highest BCUT2D eigenvalue weighted by molar-refractivity contribution is 5.87. The average molecular weight is 425 g/mol. The number of aryl methyl sites for hydroxylation is 1. The van der Waals surface area contributed by atoms with Crippen molar-refractivity contribution in [2.24, 2.45) is 0 Å². The average Bonchev–Trinajstić information content (AvgIpc) is 2.82. The maximum absolute atomic E-state index is 13.6. The Hall–Kier alpha value is -3.44. The van der Waals surface area contributed by atoms with E-state index >= 15 is 0 Å². The van der Waals surface area contributed by atoms with Gasteiger partial charge in [-0.15, -0.1) is 0 Å². The summed E-state index contributed by atoms with van der Waals surface area (Å²) in [4.78, 5) is 0. The maximum atomic E-state index is 13.6. The van der Waals surface area contributed by atoms with Crippen molar-refractivity contribution in [2.45, 2.75) is 39.0 Å². The maximum Gasteiger partial charge on any atom is 0.159 e. The third-order valence-corrected chi connectivity index (χ3v) is 5.72. The quantitative estimate of drug-likeness (QED) is 0.216. The molecule has 0 amide bonds. The van der Waals surface area contributed by atoms with Gasteiger partial charge in [0.1, 0.15) is 0 Å². The van der Waals surface area contributed by atoms with E-state index in [-0.39, 0.29) is 0 Å². The van der Waals surface area contributed by atoms with Gasteiger partial charge in [0.05, 0.1) is 0 Å². The molecule has 4 aromatic carbocycles. The topological polar surface area (TPSA) is 0 Å². The summed E-state index contributed by atoms with van der Waals surface area (Å²) in [6.45, 7) is 2.23. The number of halogens is 2. The third kappa shape index (κ3) is 5.42. The molecule has 0 aliphatic heterocycles. The summed E-state index contributed by atoms with van der Waals surface area (Å²) in [5.41, 5.74) is 5.28. The molecule has 0 bridgehead atoms. The monoisotopic (exact) mass is 424 g/mol. The number of fused-ring (bicyclic) bond motifs is 1. The summed E-state index contributed by atoms with van der Waals surface area (Å²) in [5.74, 6) is 4.80. The summed E-state index contributed by atoms with van der Waals surface area (Å²) in [5, 5.41) is 1.36. The summed E-state index contributed by atoms with van der Waals surface area (Å²) in [6.07, 6.45) is 6.24. The zero-order valence-electron chi connectivity index (χ0n) is 18.3. The van der Waals surface area contributed by atoms with E-state index in [1.54, 1.807) is 0 Å². The molecular formula is C30H26F2. The number of rotatable bonds is 6. The van der Waals surface area contributed by atoms with Gasteiger partial charge in [0.2, 0.25) is 0 Å². The highest BCUT2D eigenvalue weighted by Crippen LogP contribution is 2.26. The minimum absolute atomic E-state index is 0.680. The number of hydrogen-bond acceptors (Lipinski definition) is 0. The zero-order valence-corrected chi connectivity index (χ0v) is 18.3. The molecule has 160 valence electrons. The van der Waals surface area contributed by atoms with E-state index in [9.17, 15) is 8.78 Å². The first-order chi connectivity index (χ1) is 15.6. The predicted octanol–water partition coefficient (Wildman–Crippen LogP) is 8.31. The first-order valence-corrected chi connectivity index (χ1v) is 11.2. The molecular weight excluding hydrogens is 398 g/mol. The van der Waals surface area contributed by atoms with Gasteiger partial charge in [0, 0.05) is 11.1 Å². The van der Waals surface area contributed by atoms with Crippen molar-refractivity contribution in [1.82, 2.24) is 0 Å². The summed E-state index contributed by atoms with van der Waals surface area (Å²) >= 11 is 0. The molecule has 0 aliphatic carbocycles. The Morgan fingerprint density at radius 3 is 1.84 bits per heavy atom. The van der Waals surface area contributed by atoms with Crippen LogP contribution in [0.2, 0.25) is 0 Å². The van der Waals surface area contributed by atoms with E-state index in [0.717, 1.165) is 28.7 Å². The molecule has 0 heterocycles. The molecule has 4 rings (SSSR count). The van der Waals surface area contributed by atoms with Crippen molar-refractivity contribution in [3.05, 3.63) is 107 Å². The van der Waals surface area contributed by atoms with Crippen LogP contribution in [0.5, 0.6) is 0 Å². The number of unbranched alkanes of at least 4 members (excludes halogenated alkanes) is 3. The largest absolute Gasteiger partial charge is 0.204 e. The van der Waals surface area contributed by atoms with E-state index in [1.165, 1.54) is 43.4 Å².